The van der Waals surface area contributed by atoms with Crippen LogP contribution in [0.15, 0.2) is 29.4 Å². The Morgan fingerprint density at radius 1 is 1.40 bits per heavy atom. The zero-order valence-electron chi connectivity index (χ0n) is 9.64. The molecule has 20 heavy (non-hydrogen) atoms. The molecule has 1 aromatic carbocycles. The standard InChI is InChI=1S/C11H6Cl3N3O2S/c12-6-2-1-3-7(4-6)16-11(18)19-15-5-8-9(13)17-10(14)20-8/h1-5H,(H,16,18). The van der Waals surface area contributed by atoms with E-state index in [4.69, 9.17) is 34.8 Å². The molecule has 104 valence electrons. The quantitative estimate of drug-likeness (QED) is 0.496. The highest BCUT2D eigenvalue weighted by molar-refractivity contribution is 7.17. The minimum atomic E-state index is -0.754. The second-order valence-corrected chi connectivity index (χ2v) is 5.78. The van der Waals surface area contributed by atoms with E-state index in [0.717, 1.165) is 11.3 Å². The Kier molecular flexibility index (Phi) is 5.19. The summed E-state index contributed by atoms with van der Waals surface area (Å²) in [5, 5.41) is 6.64. The van der Waals surface area contributed by atoms with E-state index in [-0.39, 0.29) is 9.62 Å². The highest BCUT2D eigenvalue weighted by Crippen LogP contribution is 2.24. The second-order valence-electron chi connectivity index (χ2n) is 3.37. The number of halogens is 3. The zero-order chi connectivity index (χ0) is 14.5. The number of aromatic nitrogens is 1. The van der Waals surface area contributed by atoms with Gasteiger partial charge in [0.05, 0.1) is 11.1 Å². The third kappa shape index (κ3) is 4.35. The van der Waals surface area contributed by atoms with E-state index in [0.29, 0.717) is 15.6 Å². The first-order valence-corrected chi connectivity index (χ1v) is 7.08. The number of rotatable bonds is 3. The van der Waals surface area contributed by atoms with Crippen LogP contribution in [0.3, 0.4) is 0 Å². The van der Waals surface area contributed by atoms with E-state index in [2.05, 4.69) is 20.3 Å². The summed E-state index contributed by atoms with van der Waals surface area (Å²) in [6, 6.07) is 6.62. The number of hydrogen-bond donors (Lipinski definition) is 1. The summed E-state index contributed by atoms with van der Waals surface area (Å²) < 4.78 is 0.278. The van der Waals surface area contributed by atoms with Crippen molar-refractivity contribution in [2.24, 2.45) is 5.16 Å². The molecule has 0 atom stereocenters. The van der Waals surface area contributed by atoms with E-state index < -0.39 is 6.09 Å². The van der Waals surface area contributed by atoms with Crippen LogP contribution in [0.1, 0.15) is 4.88 Å². The van der Waals surface area contributed by atoms with Crippen molar-refractivity contribution in [2.75, 3.05) is 5.32 Å². The van der Waals surface area contributed by atoms with Gasteiger partial charge in [0.15, 0.2) is 9.62 Å². The predicted molar refractivity (Wildman–Crippen MR) is 81.3 cm³/mol. The van der Waals surface area contributed by atoms with Crippen LogP contribution in [0.25, 0.3) is 0 Å². The summed E-state index contributed by atoms with van der Waals surface area (Å²) >= 11 is 18.3. The van der Waals surface area contributed by atoms with Gasteiger partial charge in [0.2, 0.25) is 0 Å². The van der Waals surface area contributed by atoms with E-state index >= 15 is 0 Å². The van der Waals surface area contributed by atoms with Crippen LogP contribution >= 0.6 is 46.1 Å². The molecule has 1 aromatic heterocycles. The fourth-order valence-electron chi connectivity index (χ4n) is 1.20. The van der Waals surface area contributed by atoms with Crippen molar-refractivity contribution in [1.29, 1.82) is 0 Å². The maximum absolute atomic E-state index is 11.4. The number of nitrogens with zero attached hydrogens (tertiary/aromatic N) is 2. The number of carbonyl (C=O) groups is 1. The number of thiazole rings is 1. The monoisotopic (exact) mass is 349 g/mol. The molecule has 0 fully saturated rings. The highest BCUT2D eigenvalue weighted by atomic mass is 35.5. The fraction of sp³-hybridized carbons (Fsp3) is 0. The molecule has 1 N–H and O–H groups in total. The van der Waals surface area contributed by atoms with Crippen LogP contribution in [-0.2, 0) is 4.84 Å². The number of oxime groups is 1. The first-order valence-electron chi connectivity index (χ1n) is 5.13. The van der Waals surface area contributed by atoms with Gasteiger partial charge < -0.3 is 0 Å². The number of benzene rings is 1. The fourth-order valence-corrected chi connectivity index (χ4v) is 2.61. The molecule has 0 saturated carbocycles. The van der Waals surface area contributed by atoms with Gasteiger partial charge in [0, 0.05) is 10.7 Å². The summed E-state index contributed by atoms with van der Waals surface area (Å²) in [7, 11) is 0. The summed E-state index contributed by atoms with van der Waals surface area (Å²) in [6.07, 6.45) is 0.499. The van der Waals surface area contributed by atoms with Crippen molar-refractivity contribution >= 4 is 64.1 Å². The Balaban J connectivity index is 1.91. The molecule has 9 heteroatoms. The van der Waals surface area contributed by atoms with Gasteiger partial charge in [0.25, 0.3) is 0 Å². The normalized spacial score (nSPS) is 10.8. The smallest absolute Gasteiger partial charge is 0.298 e. The number of carbonyl (C=O) groups excluding carboxylic acids is 1. The van der Waals surface area contributed by atoms with E-state index in [1.54, 1.807) is 24.3 Å². The van der Waals surface area contributed by atoms with Crippen LogP contribution in [0, 0.1) is 0 Å². The van der Waals surface area contributed by atoms with Gasteiger partial charge in [-0.3, -0.25) is 10.2 Å². The van der Waals surface area contributed by atoms with Crippen molar-refractivity contribution in [3.63, 3.8) is 0 Å². The molecular formula is C11H6Cl3N3O2S. The average Bonchev–Trinajstić information content (AvgIpc) is 2.68. The molecule has 0 aliphatic heterocycles. The Labute approximate surface area is 133 Å². The van der Waals surface area contributed by atoms with Crippen molar-refractivity contribution < 1.29 is 9.63 Å². The van der Waals surface area contributed by atoms with Crippen molar-refractivity contribution in [1.82, 2.24) is 4.98 Å². The van der Waals surface area contributed by atoms with Crippen LogP contribution in [0.4, 0.5) is 10.5 Å². The zero-order valence-corrected chi connectivity index (χ0v) is 12.7. The Hall–Kier alpha value is -1.34. The lowest BCUT2D eigenvalue weighted by atomic mass is 10.3. The largest absolute Gasteiger partial charge is 0.437 e. The molecule has 2 rings (SSSR count). The average molecular weight is 351 g/mol. The summed E-state index contributed by atoms with van der Waals surface area (Å²) in [6.45, 7) is 0. The second kappa shape index (κ2) is 6.90. The van der Waals surface area contributed by atoms with Gasteiger partial charge in [-0.25, -0.2) is 9.78 Å². The summed E-state index contributed by atoms with van der Waals surface area (Å²) in [5.74, 6) is 0. The van der Waals surface area contributed by atoms with Crippen LogP contribution in [0.2, 0.25) is 14.6 Å². The molecule has 0 spiro atoms. The molecule has 0 unspecified atom stereocenters. The van der Waals surface area contributed by atoms with Crippen LogP contribution < -0.4 is 5.32 Å². The molecule has 0 bridgehead atoms. The number of anilines is 1. The van der Waals surface area contributed by atoms with Crippen molar-refractivity contribution in [3.8, 4) is 0 Å². The Morgan fingerprint density at radius 3 is 2.85 bits per heavy atom. The van der Waals surface area contributed by atoms with Crippen LogP contribution in [0.5, 0.6) is 0 Å². The number of nitrogens with one attached hydrogen (secondary N) is 1. The van der Waals surface area contributed by atoms with Gasteiger partial charge in [0.1, 0.15) is 0 Å². The summed E-state index contributed by atoms with van der Waals surface area (Å²) in [4.78, 5) is 20.3. The molecule has 0 aliphatic rings. The third-order valence-electron chi connectivity index (χ3n) is 1.96. The number of amides is 1. The van der Waals surface area contributed by atoms with E-state index in [9.17, 15) is 4.79 Å². The summed E-state index contributed by atoms with van der Waals surface area (Å²) in [5.41, 5.74) is 0.497. The van der Waals surface area contributed by atoms with Gasteiger partial charge in [-0.1, -0.05) is 57.4 Å². The minimum Gasteiger partial charge on any atom is -0.298 e. The Morgan fingerprint density at radius 2 is 2.20 bits per heavy atom. The highest BCUT2D eigenvalue weighted by Gasteiger charge is 2.06. The van der Waals surface area contributed by atoms with Gasteiger partial charge in [-0.15, -0.1) is 0 Å². The van der Waals surface area contributed by atoms with Crippen LogP contribution in [-0.4, -0.2) is 17.3 Å². The lowest BCUT2D eigenvalue weighted by Gasteiger charge is -2.02. The Bertz CT molecular complexity index is 660. The molecule has 1 heterocycles. The molecular weight excluding hydrogens is 345 g/mol. The molecule has 0 aliphatic carbocycles. The first-order chi connectivity index (χ1) is 9.54. The molecule has 2 aromatic rings. The van der Waals surface area contributed by atoms with Crippen molar-refractivity contribution in [2.45, 2.75) is 0 Å². The van der Waals surface area contributed by atoms with E-state index in [1.807, 2.05) is 0 Å². The van der Waals surface area contributed by atoms with E-state index in [1.165, 1.54) is 6.21 Å². The first kappa shape index (κ1) is 15.1. The SMILES string of the molecule is O=C(Nc1cccc(Cl)c1)ON=Cc1sc(Cl)nc1Cl. The molecule has 5 nitrogen and oxygen atoms in total. The lowest BCUT2D eigenvalue weighted by molar-refractivity contribution is 0.167. The van der Waals surface area contributed by atoms with Gasteiger partial charge >= 0.3 is 6.09 Å². The maximum atomic E-state index is 11.4. The predicted octanol–water partition coefficient (Wildman–Crippen LogP) is 4.69. The van der Waals surface area contributed by atoms with Gasteiger partial charge in [-0.2, -0.15) is 0 Å². The van der Waals surface area contributed by atoms with Gasteiger partial charge in [-0.05, 0) is 18.2 Å². The maximum Gasteiger partial charge on any atom is 0.437 e. The lowest BCUT2D eigenvalue weighted by Crippen LogP contribution is -2.10. The third-order valence-corrected chi connectivity index (χ3v) is 3.69. The van der Waals surface area contributed by atoms with Crippen molar-refractivity contribution in [3.05, 3.63) is 43.8 Å². The molecule has 0 radical (unpaired) electrons. The topological polar surface area (TPSA) is 63.6 Å². The molecule has 0 saturated heterocycles. The minimum absolute atomic E-state index is 0.197. The molecule has 1 amide bonds. The number of hydrogen-bond acceptors (Lipinski definition) is 5.